The van der Waals surface area contributed by atoms with Crippen molar-refractivity contribution in [1.29, 1.82) is 5.26 Å². The zero-order chi connectivity index (χ0) is 8.97. The van der Waals surface area contributed by atoms with Gasteiger partial charge in [0.2, 0.25) is 0 Å². The van der Waals surface area contributed by atoms with Crippen LogP contribution in [0.5, 0.6) is 0 Å². The summed E-state index contributed by atoms with van der Waals surface area (Å²) in [7, 11) is 1.64. The molecule has 0 bridgehead atoms. The maximum atomic E-state index is 8.67. The van der Waals surface area contributed by atoms with Gasteiger partial charge in [0.1, 0.15) is 11.8 Å². The molecule has 0 saturated carbocycles. The third-order valence-electron chi connectivity index (χ3n) is 1.66. The van der Waals surface area contributed by atoms with Gasteiger partial charge in [-0.1, -0.05) is 0 Å². The molecule has 4 nitrogen and oxygen atoms in total. The minimum absolute atomic E-state index is 0.159. The molecule has 0 saturated heterocycles. The fourth-order valence-electron chi connectivity index (χ4n) is 1.06. The molecule has 0 fully saturated rings. The molecular weight excluding hydrogens is 154 g/mol. The van der Waals surface area contributed by atoms with E-state index in [2.05, 4.69) is 11.1 Å². The fraction of sp³-hybridized carbons (Fsp3) is 0.500. The van der Waals surface area contributed by atoms with Crippen molar-refractivity contribution in [3.05, 3.63) is 18.2 Å². The monoisotopic (exact) mass is 165 g/mol. The van der Waals surface area contributed by atoms with Crippen LogP contribution in [0.1, 0.15) is 18.7 Å². The summed E-state index contributed by atoms with van der Waals surface area (Å²) in [6.45, 7) is 2.57. The van der Waals surface area contributed by atoms with E-state index in [0.29, 0.717) is 12.3 Å². The van der Waals surface area contributed by atoms with Gasteiger partial charge in [-0.05, 0) is 6.92 Å². The maximum Gasteiger partial charge on any atom is 0.140 e. The first kappa shape index (κ1) is 8.75. The van der Waals surface area contributed by atoms with Gasteiger partial charge in [0.25, 0.3) is 0 Å². The summed E-state index contributed by atoms with van der Waals surface area (Å²) in [5, 5.41) is 8.67. The lowest BCUT2D eigenvalue weighted by Gasteiger charge is -2.11. The van der Waals surface area contributed by atoms with E-state index in [9.17, 15) is 0 Å². The van der Waals surface area contributed by atoms with Gasteiger partial charge in [0.05, 0.1) is 25.2 Å². The van der Waals surface area contributed by atoms with E-state index in [1.54, 1.807) is 24.2 Å². The second-order valence-corrected chi connectivity index (χ2v) is 2.60. The summed E-state index contributed by atoms with van der Waals surface area (Å²) >= 11 is 0. The summed E-state index contributed by atoms with van der Waals surface area (Å²) in [6.07, 6.45) is 3.19. The zero-order valence-corrected chi connectivity index (χ0v) is 7.19. The maximum absolute atomic E-state index is 8.67. The van der Waals surface area contributed by atoms with E-state index < -0.39 is 0 Å². The van der Waals surface area contributed by atoms with E-state index >= 15 is 0 Å². The van der Waals surface area contributed by atoms with Crippen molar-refractivity contribution in [1.82, 2.24) is 9.55 Å². The molecule has 1 aromatic heterocycles. The fourth-order valence-corrected chi connectivity index (χ4v) is 1.06. The van der Waals surface area contributed by atoms with Crippen molar-refractivity contribution in [3.8, 4) is 6.07 Å². The standard InChI is InChI=1S/C8H11N3O/c1-7(5-12-2)11-6-10-4-8(11)3-9/h4,6-7H,5H2,1-2H3/t7-/m0/s1. The van der Waals surface area contributed by atoms with Gasteiger partial charge in [-0.15, -0.1) is 0 Å². The molecule has 0 aliphatic heterocycles. The highest BCUT2D eigenvalue weighted by atomic mass is 16.5. The Bertz CT molecular complexity index is 287. The van der Waals surface area contributed by atoms with Crippen LogP contribution in [0.25, 0.3) is 0 Å². The first-order chi connectivity index (χ1) is 5.79. The Balaban J connectivity index is 2.80. The van der Waals surface area contributed by atoms with Crippen LogP contribution in [0.2, 0.25) is 0 Å². The van der Waals surface area contributed by atoms with Crippen LogP contribution in [-0.4, -0.2) is 23.3 Å². The molecule has 0 radical (unpaired) electrons. The molecule has 0 amide bonds. The second kappa shape index (κ2) is 3.88. The lowest BCUT2D eigenvalue weighted by atomic mass is 10.3. The van der Waals surface area contributed by atoms with E-state index in [0.717, 1.165) is 0 Å². The van der Waals surface area contributed by atoms with Gasteiger partial charge < -0.3 is 9.30 Å². The van der Waals surface area contributed by atoms with Crippen LogP contribution in [0, 0.1) is 11.3 Å². The summed E-state index contributed by atoms with van der Waals surface area (Å²) in [5.74, 6) is 0. The van der Waals surface area contributed by atoms with Crippen LogP contribution in [0.15, 0.2) is 12.5 Å². The summed E-state index contributed by atoms with van der Waals surface area (Å²) in [5.41, 5.74) is 0.569. The Morgan fingerprint density at radius 1 is 1.83 bits per heavy atom. The van der Waals surface area contributed by atoms with Crippen molar-refractivity contribution in [3.63, 3.8) is 0 Å². The van der Waals surface area contributed by atoms with E-state index in [-0.39, 0.29) is 6.04 Å². The minimum Gasteiger partial charge on any atom is -0.383 e. The molecule has 0 aliphatic carbocycles. The third-order valence-corrected chi connectivity index (χ3v) is 1.66. The molecule has 1 heterocycles. The van der Waals surface area contributed by atoms with Crippen LogP contribution in [0.3, 0.4) is 0 Å². The summed E-state index contributed by atoms with van der Waals surface area (Å²) in [6, 6.07) is 2.22. The normalized spacial score (nSPS) is 12.4. The molecule has 0 spiro atoms. The highest BCUT2D eigenvalue weighted by molar-refractivity contribution is 5.17. The number of nitriles is 1. The number of aromatic nitrogens is 2. The number of hydrogen-bond donors (Lipinski definition) is 0. The number of nitrogens with zero attached hydrogens (tertiary/aromatic N) is 3. The first-order valence-electron chi connectivity index (χ1n) is 3.70. The highest BCUT2D eigenvalue weighted by Crippen LogP contribution is 2.08. The Labute approximate surface area is 71.4 Å². The molecule has 1 aromatic rings. The van der Waals surface area contributed by atoms with E-state index in [4.69, 9.17) is 10.00 Å². The number of rotatable bonds is 3. The molecule has 64 valence electrons. The molecular formula is C8H11N3O. The minimum atomic E-state index is 0.159. The van der Waals surface area contributed by atoms with Crippen molar-refractivity contribution in [2.45, 2.75) is 13.0 Å². The average molecular weight is 165 g/mol. The van der Waals surface area contributed by atoms with Crippen molar-refractivity contribution in [2.75, 3.05) is 13.7 Å². The lowest BCUT2D eigenvalue weighted by molar-refractivity contribution is 0.162. The molecule has 0 aliphatic rings. The third kappa shape index (κ3) is 1.63. The van der Waals surface area contributed by atoms with Crippen molar-refractivity contribution in [2.24, 2.45) is 0 Å². The van der Waals surface area contributed by atoms with Crippen LogP contribution in [0.4, 0.5) is 0 Å². The molecule has 12 heavy (non-hydrogen) atoms. The molecule has 0 unspecified atom stereocenters. The number of hydrogen-bond acceptors (Lipinski definition) is 3. The Kier molecular flexibility index (Phi) is 2.83. The predicted octanol–water partition coefficient (Wildman–Crippen LogP) is 0.962. The van der Waals surface area contributed by atoms with E-state index in [1.807, 2.05) is 6.92 Å². The number of imidazole rings is 1. The number of methoxy groups -OCH3 is 1. The SMILES string of the molecule is COC[C@H](C)n1cncc1C#N. The molecule has 4 heteroatoms. The highest BCUT2D eigenvalue weighted by Gasteiger charge is 2.07. The topological polar surface area (TPSA) is 50.8 Å². The van der Waals surface area contributed by atoms with E-state index in [1.165, 1.54) is 0 Å². The van der Waals surface area contributed by atoms with Gasteiger partial charge in [-0.25, -0.2) is 4.98 Å². The molecule has 0 aromatic carbocycles. The largest absolute Gasteiger partial charge is 0.383 e. The first-order valence-corrected chi connectivity index (χ1v) is 3.70. The molecule has 1 atom stereocenters. The predicted molar refractivity (Wildman–Crippen MR) is 43.5 cm³/mol. The summed E-state index contributed by atoms with van der Waals surface area (Å²) in [4.78, 5) is 3.88. The second-order valence-electron chi connectivity index (χ2n) is 2.60. The Morgan fingerprint density at radius 2 is 2.58 bits per heavy atom. The van der Waals surface area contributed by atoms with Crippen LogP contribution >= 0.6 is 0 Å². The Morgan fingerprint density at radius 3 is 3.17 bits per heavy atom. The summed E-state index contributed by atoms with van der Waals surface area (Å²) < 4.78 is 6.76. The molecule has 0 N–H and O–H groups in total. The van der Waals surface area contributed by atoms with Gasteiger partial charge >= 0.3 is 0 Å². The van der Waals surface area contributed by atoms with Crippen LogP contribution in [-0.2, 0) is 4.74 Å². The lowest BCUT2D eigenvalue weighted by Crippen LogP contribution is -2.11. The molecule has 1 rings (SSSR count). The van der Waals surface area contributed by atoms with Gasteiger partial charge in [0, 0.05) is 7.11 Å². The van der Waals surface area contributed by atoms with Crippen LogP contribution < -0.4 is 0 Å². The van der Waals surface area contributed by atoms with Gasteiger partial charge in [-0.2, -0.15) is 5.26 Å². The Hall–Kier alpha value is -1.34. The smallest absolute Gasteiger partial charge is 0.140 e. The quantitative estimate of drug-likeness (QED) is 0.670. The van der Waals surface area contributed by atoms with Crippen molar-refractivity contribution < 1.29 is 4.74 Å². The van der Waals surface area contributed by atoms with Gasteiger partial charge in [-0.3, -0.25) is 0 Å². The number of ether oxygens (including phenoxy) is 1. The van der Waals surface area contributed by atoms with Crippen molar-refractivity contribution >= 4 is 0 Å². The zero-order valence-electron chi connectivity index (χ0n) is 7.19. The van der Waals surface area contributed by atoms with Gasteiger partial charge in [0.15, 0.2) is 0 Å². The average Bonchev–Trinajstić information content (AvgIpc) is 2.51.